The van der Waals surface area contributed by atoms with Gasteiger partial charge in [-0.25, -0.2) is 0 Å². The van der Waals surface area contributed by atoms with Crippen LogP contribution in [0.4, 0.5) is 0 Å². The zero-order valence-corrected chi connectivity index (χ0v) is 13.7. The molecule has 1 aromatic heterocycles. The van der Waals surface area contributed by atoms with Gasteiger partial charge in [0.2, 0.25) is 0 Å². The summed E-state index contributed by atoms with van der Waals surface area (Å²) < 4.78 is 7.56. The second-order valence-corrected chi connectivity index (χ2v) is 7.64. The van der Waals surface area contributed by atoms with Crippen LogP contribution in [-0.4, -0.2) is 12.7 Å². The molecular formula is C11H17Br2NOS. The van der Waals surface area contributed by atoms with Gasteiger partial charge < -0.3 is 10.5 Å². The van der Waals surface area contributed by atoms with Crippen LogP contribution in [0.5, 0.6) is 0 Å². The normalized spacial score (nSPS) is 14.1. The molecule has 0 aliphatic carbocycles. The van der Waals surface area contributed by atoms with Crippen LogP contribution in [0.25, 0.3) is 0 Å². The minimum Gasteiger partial charge on any atom is -0.379 e. The lowest BCUT2D eigenvalue weighted by molar-refractivity contribution is 0.0125. The van der Waals surface area contributed by atoms with Gasteiger partial charge in [0.05, 0.1) is 9.39 Å². The Balaban J connectivity index is 2.56. The Morgan fingerprint density at radius 2 is 2.12 bits per heavy atom. The Labute approximate surface area is 118 Å². The summed E-state index contributed by atoms with van der Waals surface area (Å²) in [6.07, 6.45) is 1.89. The predicted molar refractivity (Wildman–Crippen MR) is 77.0 cm³/mol. The number of rotatable bonds is 5. The first-order valence-corrected chi connectivity index (χ1v) is 7.51. The largest absolute Gasteiger partial charge is 0.379 e. The molecule has 0 aliphatic rings. The molecule has 0 aliphatic heterocycles. The molecule has 1 heterocycles. The Morgan fingerprint density at radius 1 is 1.50 bits per heavy atom. The summed E-state index contributed by atoms with van der Waals surface area (Å²) in [6, 6.07) is 2.17. The molecule has 0 saturated heterocycles. The summed E-state index contributed by atoms with van der Waals surface area (Å²) in [5.41, 5.74) is 6.06. The van der Waals surface area contributed by atoms with Crippen molar-refractivity contribution in [3.8, 4) is 0 Å². The molecule has 1 unspecified atom stereocenters. The third-order valence-corrected chi connectivity index (χ3v) is 6.03. The molecule has 2 N–H and O–H groups in total. The molecule has 2 nitrogen and oxygen atoms in total. The van der Waals surface area contributed by atoms with Crippen molar-refractivity contribution in [1.29, 1.82) is 0 Å². The van der Waals surface area contributed by atoms with Gasteiger partial charge in [0.15, 0.2) is 0 Å². The van der Waals surface area contributed by atoms with E-state index in [0.29, 0.717) is 0 Å². The molecular weight excluding hydrogens is 354 g/mol. The summed E-state index contributed by atoms with van der Waals surface area (Å²) >= 11 is 8.64. The highest BCUT2D eigenvalue weighted by molar-refractivity contribution is 9.13. The molecule has 5 heteroatoms. The molecule has 1 rings (SSSR count). The van der Waals surface area contributed by atoms with E-state index >= 15 is 0 Å². The predicted octanol–water partition coefficient (Wildman–Crippen LogP) is 4.48. The topological polar surface area (TPSA) is 35.2 Å². The van der Waals surface area contributed by atoms with E-state index in [0.717, 1.165) is 21.1 Å². The van der Waals surface area contributed by atoms with Crippen LogP contribution in [-0.2, 0) is 4.74 Å². The number of hydrogen-bond acceptors (Lipinski definition) is 3. The van der Waals surface area contributed by atoms with E-state index < -0.39 is 0 Å². The van der Waals surface area contributed by atoms with Gasteiger partial charge in [-0.05, 0) is 64.6 Å². The van der Waals surface area contributed by atoms with Crippen LogP contribution in [0.3, 0.4) is 0 Å². The third kappa shape index (κ3) is 4.11. The summed E-state index contributed by atoms with van der Waals surface area (Å²) in [6.45, 7) is 4.17. The quantitative estimate of drug-likeness (QED) is 0.829. The van der Waals surface area contributed by atoms with Crippen LogP contribution >= 0.6 is 43.2 Å². The lowest BCUT2D eigenvalue weighted by atomic mass is 9.99. The first-order chi connectivity index (χ1) is 7.35. The van der Waals surface area contributed by atoms with E-state index in [1.54, 1.807) is 18.4 Å². The molecule has 0 radical (unpaired) electrons. The summed E-state index contributed by atoms with van der Waals surface area (Å²) in [4.78, 5) is 1.20. The highest BCUT2D eigenvalue weighted by Gasteiger charge is 2.19. The fourth-order valence-corrected chi connectivity index (χ4v) is 3.42. The zero-order valence-electron chi connectivity index (χ0n) is 9.72. The fourth-order valence-electron chi connectivity index (χ4n) is 1.29. The number of hydrogen-bond donors (Lipinski definition) is 1. The Kier molecular flexibility index (Phi) is 5.45. The number of halogens is 2. The van der Waals surface area contributed by atoms with Gasteiger partial charge in [-0.15, -0.1) is 11.3 Å². The average Bonchev–Trinajstić information content (AvgIpc) is 2.56. The fraction of sp³-hybridized carbons (Fsp3) is 0.636. The smallest absolute Gasteiger partial charge is 0.0843 e. The van der Waals surface area contributed by atoms with E-state index in [2.05, 4.69) is 51.8 Å². The second-order valence-electron chi connectivity index (χ2n) is 4.38. The monoisotopic (exact) mass is 369 g/mol. The third-order valence-electron chi connectivity index (χ3n) is 2.64. The molecule has 0 bridgehead atoms. The minimum absolute atomic E-state index is 0.0852. The maximum Gasteiger partial charge on any atom is 0.0843 e. The molecule has 0 spiro atoms. The van der Waals surface area contributed by atoms with Gasteiger partial charge in [-0.3, -0.25) is 0 Å². The van der Waals surface area contributed by atoms with Crippen molar-refractivity contribution in [3.05, 3.63) is 19.2 Å². The lowest BCUT2D eigenvalue weighted by Crippen LogP contribution is -2.24. The molecule has 0 fully saturated rings. The van der Waals surface area contributed by atoms with Gasteiger partial charge in [-0.1, -0.05) is 0 Å². The van der Waals surface area contributed by atoms with Crippen LogP contribution in [0.2, 0.25) is 0 Å². The van der Waals surface area contributed by atoms with Crippen molar-refractivity contribution < 1.29 is 4.74 Å². The summed E-state index contributed by atoms with van der Waals surface area (Å²) in [5.74, 6) is 0. The van der Waals surface area contributed by atoms with Crippen LogP contribution in [0.15, 0.2) is 14.3 Å². The molecule has 92 valence electrons. The first kappa shape index (κ1) is 14.6. The maximum atomic E-state index is 6.15. The van der Waals surface area contributed by atoms with Crippen LogP contribution < -0.4 is 5.73 Å². The summed E-state index contributed by atoms with van der Waals surface area (Å²) in [7, 11) is 1.74. The molecule has 16 heavy (non-hydrogen) atoms. The van der Waals surface area contributed by atoms with Gasteiger partial charge in [-0.2, -0.15) is 0 Å². The van der Waals surface area contributed by atoms with E-state index in [-0.39, 0.29) is 11.6 Å². The molecule has 1 aromatic rings. The van der Waals surface area contributed by atoms with E-state index in [4.69, 9.17) is 10.5 Å². The van der Waals surface area contributed by atoms with E-state index in [9.17, 15) is 0 Å². The minimum atomic E-state index is -0.0939. The SMILES string of the molecule is COC(C)(C)CCC(N)c1cc(Br)c(Br)s1. The molecule has 1 atom stereocenters. The zero-order chi connectivity index (χ0) is 12.3. The van der Waals surface area contributed by atoms with E-state index in [1.807, 2.05) is 0 Å². The maximum absolute atomic E-state index is 6.15. The average molecular weight is 371 g/mol. The van der Waals surface area contributed by atoms with Crippen molar-refractivity contribution in [3.63, 3.8) is 0 Å². The van der Waals surface area contributed by atoms with E-state index in [1.165, 1.54) is 4.88 Å². The van der Waals surface area contributed by atoms with Gasteiger partial charge >= 0.3 is 0 Å². The lowest BCUT2D eigenvalue weighted by Gasteiger charge is -2.24. The van der Waals surface area contributed by atoms with Gasteiger partial charge in [0.1, 0.15) is 0 Å². The van der Waals surface area contributed by atoms with Crippen molar-refractivity contribution in [2.24, 2.45) is 5.73 Å². The number of ether oxygens (including phenoxy) is 1. The first-order valence-electron chi connectivity index (χ1n) is 5.11. The van der Waals surface area contributed by atoms with Crippen molar-refractivity contribution in [1.82, 2.24) is 0 Å². The highest BCUT2D eigenvalue weighted by atomic mass is 79.9. The number of thiophene rings is 1. The van der Waals surface area contributed by atoms with Crippen molar-refractivity contribution in [2.45, 2.75) is 38.3 Å². The van der Waals surface area contributed by atoms with Crippen LogP contribution in [0, 0.1) is 0 Å². The summed E-state index contributed by atoms with van der Waals surface area (Å²) in [5, 5.41) is 0. The van der Waals surface area contributed by atoms with Crippen LogP contribution in [0.1, 0.15) is 37.6 Å². The molecule has 0 aromatic carbocycles. The Hall–Kier alpha value is 0.580. The van der Waals surface area contributed by atoms with Gasteiger partial charge in [0.25, 0.3) is 0 Å². The number of methoxy groups -OCH3 is 1. The highest BCUT2D eigenvalue weighted by Crippen LogP contribution is 2.36. The Morgan fingerprint density at radius 3 is 2.56 bits per heavy atom. The van der Waals surface area contributed by atoms with Crippen molar-refractivity contribution in [2.75, 3.05) is 7.11 Å². The molecule has 0 saturated carbocycles. The molecule has 0 amide bonds. The Bertz CT molecular complexity index is 332. The van der Waals surface area contributed by atoms with Gasteiger partial charge in [0, 0.05) is 22.5 Å². The van der Waals surface area contributed by atoms with Crippen molar-refractivity contribution >= 4 is 43.2 Å². The number of nitrogens with two attached hydrogens (primary N) is 1. The standard InChI is InChI=1S/C11H17Br2NOS/c1-11(2,15-3)5-4-8(14)9-6-7(12)10(13)16-9/h6,8H,4-5,14H2,1-3H3. The second kappa shape index (κ2) is 5.96.